The van der Waals surface area contributed by atoms with Gasteiger partial charge in [-0.25, -0.2) is 0 Å². The van der Waals surface area contributed by atoms with Crippen LogP contribution in [0.25, 0.3) is 10.9 Å². The maximum atomic E-state index is 9.14. The van der Waals surface area contributed by atoms with E-state index < -0.39 is 0 Å². The van der Waals surface area contributed by atoms with Crippen LogP contribution in [0.5, 0.6) is 5.75 Å². The van der Waals surface area contributed by atoms with E-state index in [1.165, 1.54) is 0 Å². The number of aliphatic hydroxyl groups excluding tert-OH is 1. The molecule has 0 unspecified atom stereocenters. The summed E-state index contributed by atoms with van der Waals surface area (Å²) in [5, 5.41) is 10.3. The zero-order valence-corrected chi connectivity index (χ0v) is 15.4. The lowest BCUT2D eigenvalue weighted by Crippen LogP contribution is -2.41. The summed E-state index contributed by atoms with van der Waals surface area (Å²) in [6.07, 6.45) is 4.46. The lowest BCUT2D eigenvalue weighted by atomic mass is 10.1. The molecule has 0 bridgehead atoms. The predicted molar refractivity (Wildman–Crippen MR) is 97.1 cm³/mol. The first-order chi connectivity index (χ1) is 11.1. The van der Waals surface area contributed by atoms with Gasteiger partial charge in [0.2, 0.25) is 0 Å². The van der Waals surface area contributed by atoms with Gasteiger partial charge in [-0.1, -0.05) is 0 Å². The monoisotopic (exact) mass is 380 g/mol. The Morgan fingerprint density at radius 3 is 2.70 bits per heavy atom. The lowest BCUT2D eigenvalue weighted by molar-refractivity contribution is 0.0839. The van der Waals surface area contributed by atoms with E-state index in [1.54, 1.807) is 0 Å². The van der Waals surface area contributed by atoms with Gasteiger partial charge >= 0.3 is 0 Å². The van der Waals surface area contributed by atoms with Gasteiger partial charge < -0.3 is 19.3 Å². The molecule has 0 spiro atoms. The summed E-state index contributed by atoms with van der Waals surface area (Å²) in [7, 11) is 0. The van der Waals surface area contributed by atoms with E-state index in [-0.39, 0.29) is 6.61 Å². The third-order valence-electron chi connectivity index (χ3n) is 4.67. The van der Waals surface area contributed by atoms with E-state index in [0.29, 0.717) is 18.7 Å². The van der Waals surface area contributed by atoms with Crippen molar-refractivity contribution in [2.24, 2.45) is 0 Å². The molecular weight excluding hydrogens is 356 g/mol. The summed E-state index contributed by atoms with van der Waals surface area (Å²) >= 11 is 3.64. The first-order valence-corrected chi connectivity index (χ1v) is 9.17. The number of hydrogen-bond acceptors (Lipinski definition) is 3. The number of piperidine rings is 1. The number of hydrogen-bond donors (Lipinski definition) is 1. The number of benzene rings is 1. The normalized spacial score (nSPS) is 17.3. The molecular formula is C18H25BrN2O2. The minimum atomic E-state index is 0.147. The molecule has 2 aromatic rings. The predicted octanol–water partition coefficient (Wildman–Crippen LogP) is 3.65. The van der Waals surface area contributed by atoms with Crippen LogP contribution in [0.4, 0.5) is 0 Å². The second kappa shape index (κ2) is 7.24. The highest BCUT2D eigenvalue weighted by Crippen LogP contribution is 2.33. The van der Waals surface area contributed by atoms with Crippen LogP contribution in [0.2, 0.25) is 0 Å². The Labute approximate surface area is 146 Å². The van der Waals surface area contributed by atoms with Gasteiger partial charge in [-0.05, 0) is 60.8 Å². The molecule has 1 aromatic carbocycles. The van der Waals surface area contributed by atoms with Crippen molar-refractivity contribution in [3.63, 3.8) is 0 Å². The summed E-state index contributed by atoms with van der Waals surface area (Å²) < 4.78 is 9.30. The Morgan fingerprint density at radius 1 is 1.30 bits per heavy atom. The van der Waals surface area contributed by atoms with Gasteiger partial charge in [0.15, 0.2) is 0 Å². The number of nitrogens with zero attached hydrogens (tertiary/aromatic N) is 2. The topological polar surface area (TPSA) is 37.6 Å². The highest BCUT2D eigenvalue weighted by atomic mass is 79.9. The first-order valence-electron chi connectivity index (χ1n) is 8.38. The zero-order valence-electron chi connectivity index (χ0n) is 13.8. The van der Waals surface area contributed by atoms with Crippen LogP contribution < -0.4 is 4.74 Å². The average Bonchev–Trinajstić information content (AvgIpc) is 2.91. The fraction of sp³-hybridized carbons (Fsp3) is 0.556. The van der Waals surface area contributed by atoms with Crippen LogP contribution >= 0.6 is 15.9 Å². The summed E-state index contributed by atoms with van der Waals surface area (Å²) in [5.41, 5.74) is 1.12. The molecule has 0 saturated carbocycles. The van der Waals surface area contributed by atoms with Crippen molar-refractivity contribution < 1.29 is 9.84 Å². The van der Waals surface area contributed by atoms with Crippen molar-refractivity contribution in [1.29, 1.82) is 0 Å². The zero-order chi connectivity index (χ0) is 16.4. The number of aliphatic hydroxyl groups is 1. The van der Waals surface area contributed by atoms with E-state index in [1.807, 2.05) is 6.20 Å². The molecule has 23 heavy (non-hydrogen) atoms. The van der Waals surface area contributed by atoms with Crippen molar-refractivity contribution >= 4 is 26.8 Å². The fourth-order valence-electron chi connectivity index (χ4n) is 3.27. The molecule has 1 aromatic heterocycles. The highest BCUT2D eigenvalue weighted by Gasteiger charge is 2.22. The minimum absolute atomic E-state index is 0.147. The van der Waals surface area contributed by atoms with Gasteiger partial charge in [0.25, 0.3) is 0 Å². The van der Waals surface area contributed by atoms with E-state index in [9.17, 15) is 0 Å². The summed E-state index contributed by atoms with van der Waals surface area (Å²) in [5.74, 6) is 0.919. The Kier molecular flexibility index (Phi) is 5.29. The molecule has 1 aliphatic heterocycles. The van der Waals surface area contributed by atoms with Crippen molar-refractivity contribution in [2.75, 3.05) is 19.7 Å². The average molecular weight is 381 g/mol. The molecule has 1 fully saturated rings. The molecule has 0 amide bonds. The van der Waals surface area contributed by atoms with Gasteiger partial charge in [-0.15, -0.1) is 0 Å². The van der Waals surface area contributed by atoms with Gasteiger partial charge in [0.05, 0.1) is 11.1 Å². The van der Waals surface area contributed by atoms with Crippen LogP contribution in [-0.2, 0) is 6.54 Å². The Hall–Kier alpha value is -1.04. The molecule has 1 N–H and O–H groups in total. The smallest absolute Gasteiger partial charge is 0.134 e. The fourth-order valence-corrected chi connectivity index (χ4v) is 3.70. The Balaban J connectivity index is 1.72. The molecule has 4 nitrogen and oxygen atoms in total. The standard InChI is InChI=1S/C18H25BrN2O2/c1-13(2)20-7-4-15(5-8-20)23-18-11-14-3-6-21(9-10-22)17(14)12-16(18)19/h3,6,11-13,15,22H,4-5,7-10H2,1-2H3. The third-order valence-corrected chi connectivity index (χ3v) is 5.29. The summed E-state index contributed by atoms with van der Waals surface area (Å²) in [6.45, 7) is 7.48. The van der Waals surface area contributed by atoms with Gasteiger partial charge in [0, 0.05) is 42.8 Å². The van der Waals surface area contributed by atoms with E-state index in [0.717, 1.165) is 47.1 Å². The van der Waals surface area contributed by atoms with E-state index in [2.05, 4.69) is 57.4 Å². The van der Waals surface area contributed by atoms with Crippen molar-refractivity contribution in [2.45, 2.75) is 45.4 Å². The largest absolute Gasteiger partial charge is 0.489 e. The van der Waals surface area contributed by atoms with Crippen molar-refractivity contribution in [1.82, 2.24) is 9.47 Å². The molecule has 2 heterocycles. The van der Waals surface area contributed by atoms with Crippen LogP contribution in [0.1, 0.15) is 26.7 Å². The van der Waals surface area contributed by atoms with Gasteiger partial charge in [-0.2, -0.15) is 0 Å². The van der Waals surface area contributed by atoms with Crippen molar-refractivity contribution in [3.8, 4) is 5.75 Å². The molecule has 0 aliphatic carbocycles. The maximum Gasteiger partial charge on any atom is 0.134 e. The first kappa shape index (κ1) is 16.8. The second-order valence-corrected chi connectivity index (χ2v) is 7.38. The van der Waals surface area contributed by atoms with E-state index in [4.69, 9.17) is 9.84 Å². The van der Waals surface area contributed by atoms with Gasteiger partial charge in [0.1, 0.15) is 11.9 Å². The molecule has 0 atom stereocenters. The Bertz CT molecular complexity index is 660. The number of likely N-dealkylation sites (tertiary alicyclic amines) is 1. The van der Waals surface area contributed by atoms with Crippen LogP contribution in [0.3, 0.4) is 0 Å². The number of halogens is 1. The second-order valence-electron chi connectivity index (χ2n) is 6.52. The molecule has 1 aliphatic rings. The maximum absolute atomic E-state index is 9.14. The minimum Gasteiger partial charge on any atom is -0.489 e. The quantitative estimate of drug-likeness (QED) is 0.859. The molecule has 0 radical (unpaired) electrons. The molecule has 3 rings (SSSR count). The molecule has 1 saturated heterocycles. The van der Waals surface area contributed by atoms with Crippen LogP contribution in [-0.4, -0.2) is 46.4 Å². The van der Waals surface area contributed by atoms with E-state index >= 15 is 0 Å². The Morgan fingerprint density at radius 2 is 2.04 bits per heavy atom. The number of ether oxygens (including phenoxy) is 1. The lowest BCUT2D eigenvalue weighted by Gasteiger charge is -2.34. The SMILES string of the molecule is CC(C)N1CCC(Oc2cc3ccn(CCO)c3cc2Br)CC1. The van der Waals surface area contributed by atoms with Gasteiger partial charge in [-0.3, -0.25) is 0 Å². The molecule has 5 heteroatoms. The van der Waals surface area contributed by atoms with Crippen molar-refractivity contribution in [3.05, 3.63) is 28.9 Å². The van der Waals surface area contributed by atoms with Crippen LogP contribution in [0.15, 0.2) is 28.9 Å². The van der Waals surface area contributed by atoms with Crippen LogP contribution in [0, 0.1) is 0 Å². The summed E-state index contributed by atoms with van der Waals surface area (Å²) in [6, 6.07) is 6.88. The number of aromatic nitrogens is 1. The summed E-state index contributed by atoms with van der Waals surface area (Å²) in [4.78, 5) is 2.51. The molecule has 126 valence electrons. The third kappa shape index (κ3) is 3.73. The highest BCUT2D eigenvalue weighted by molar-refractivity contribution is 9.10. The number of fused-ring (bicyclic) bond motifs is 1. The number of rotatable bonds is 5.